The summed E-state index contributed by atoms with van der Waals surface area (Å²) < 4.78 is 10.6. The molecule has 3 aliphatic heterocycles. The summed E-state index contributed by atoms with van der Waals surface area (Å²) in [5.41, 5.74) is 0.553. The van der Waals surface area contributed by atoms with Crippen molar-refractivity contribution in [2.75, 3.05) is 33.0 Å². The van der Waals surface area contributed by atoms with Crippen molar-refractivity contribution in [1.29, 1.82) is 0 Å². The molecule has 0 aromatic heterocycles. The van der Waals surface area contributed by atoms with E-state index in [4.69, 9.17) is 9.47 Å². The van der Waals surface area contributed by atoms with Crippen LogP contribution in [0.25, 0.3) is 0 Å². The van der Waals surface area contributed by atoms with Gasteiger partial charge in [-0.25, -0.2) is 0 Å². The van der Waals surface area contributed by atoms with Crippen LogP contribution in [0, 0.1) is 0 Å². The maximum absolute atomic E-state index is 12.8. The highest BCUT2D eigenvalue weighted by Crippen LogP contribution is 2.32. The van der Waals surface area contributed by atoms with Gasteiger partial charge in [0.1, 0.15) is 6.04 Å². The number of nitrogens with zero attached hydrogens (tertiary/aromatic N) is 2. The summed E-state index contributed by atoms with van der Waals surface area (Å²) in [4.78, 5) is 40.2. The number of carbonyl (C=O) groups excluding carboxylic acids is 3. The fraction of sp³-hybridized carbons (Fsp3) is 0.500. The summed E-state index contributed by atoms with van der Waals surface area (Å²) in [6.45, 7) is 2.30. The molecule has 1 N–H and O–H groups in total. The van der Waals surface area contributed by atoms with Gasteiger partial charge < -0.3 is 24.6 Å². The van der Waals surface area contributed by atoms with Crippen molar-refractivity contribution in [1.82, 2.24) is 15.1 Å². The van der Waals surface area contributed by atoms with Crippen LogP contribution in [0.1, 0.15) is 29.6 Å². The van der Waals surface area contributed by atoms with Crippen molar-refractivity contribution in [2.45, 2.75) is 25.3 Å². The average Bonchev–Trinajstić information content (AvgIpc) is 3.22. The van der Waals surface area contributed by atoms with Gasteiger partial charge in [0.25, 0.3) is 5.91 Å². The quantitative estimate of drug-likeness (QED) is 0.824. The molecule has 8 nitrogen and oxygen atoms in total. The molecule has 0 saturated carbocycles. The Kier molecular flexibility index (Phi) is 4.40. The highest BCUT2D eigenvalue weighted by Gasteiger charge is 2.32. The minimum Gasteiger partial charge on any atom is -0.454 e. The number of hydrogen-bond acceptors (Lipinski definition) is 5. The lowest BCUT2D eigenvalue weighted by Crippen LogP contribution is -2.46. The first-order valence-electron chi connectivity index (χ1n) is 8.89. The van der Waals surface area contributed by atoms with Gasteiger partial charge in [0.05, 0.1) is 0 Å². The Bertz CT molecular complexity index is 750. The third-order valence-corrected chi connectivity index (χ3v) is 5.01. The standard InChI is InChI=1S/C18H21N3O5/c22-16-5-3-13(19-16)18(24)21-7-1-6-20(8-9-21)17(23)12-2-4-14-15(10-12)26-11-25-14/h2,4,10,13H,1,3,5-9,11H2,(H,19,22). The molecule has 3 heterocycles. The van der Waals surface area contributed by atoms with E-state index in [2.05, 4.69) is 5.32 Å². The molecule has 1 aromatic rings. The van der Waals surface area contributed by atoms with Crippen molar-refractivity contribution in [3.05, 3.63) is 23.8 Å². The van der Waals surface area contributed by atoms with Crippen LogP contribution >= 0.6 is 0 Å². The predicted molar refractivity (Wildman–Crippen MR) is 90.8 cm³/mol. The number of carbonyl (C=O) groups is 3. The van der Waals surface area contributed by atoms with Gasteiger partial charge in [-0.3, -0.25) is 14.4 Å². The van der Waals surface area contributed by atoms with Crippen LogP contribution < -0.4 is 14.8 Å². The van der Waals surface area contributed by atoms with Gasteiger partial charge in [0, 0.05) is 38.2 Å². The molecule has 26 heavy (non-hydrogen) atoms. The summed E-state index contributed by atoms with van der Waals surface area (Å²) in [6, 6.07) is 4.76. The van der Waals surface area contributed by atoms with E-state index in [-0.39, 0.29) is 24.5 Å². The van der Waals surface area contributed by atoms with Crippen LogP contribution in [0.5, 0.6) is 11.5 Å². The second-order valence-electron chi connectivity index (χ2n) is 6.70. The molecule has 3 aliphatic rings. The van der Waals surface area contributed by atoms with Gasteiger partial charge in [-0.05, 0) is 31.0 Å². The number of fused-ring (bicyclic) bond motifs is 1. The lowest BCUT2D eigenvalue weighted by atomic mass is 10.1. The molecule has 2 saturated heterocycles. The smallest absolute Gasteiger partial charge is 0.254 e. The molecule has 3 amide bonds. The van der Waals surface area contributed by atoms with E-state index in [1.807, 2.05) is 0 Å². The van der Waals surface area contributed by atoms with Crippen molar-refractivity contribution in [2.24, 2.45) is 0 Å². The van der Waals surface area contributed by atoms with Gasteiger partial charge in [-0.15, -0.1) is 0 Å². The number of nitrogens with one attached hydrogen (secondary N) is 1. The molecule has 8 heteroatoms. The van der Waals surface area contributed by atoms with Crippen LogP contribution in [0.3, 0.4) is 0 Å². The van der Waals surface area contributed by atoms with Crippen LogP contribution in [0.4, 0.5) is 0 Å². The molecule has 1 atom stereocenters. The molecule has 0 spiro atoms. The Morgan fingerprint density at radius 1 is 1.04 bits per heavy atom. The van der Waals surface area contributed by atoms with Gasteiger partial charge in [-0.2, -0.15) is 0 Å². The minimum atomic E-state index is -0.418. The number of ether oxygens (including phenoxy) is 2. The third-order valence-electron chi connectivity index (χ3n) is 5.01. The Hall–Kier alpha value is -2.77. The van der Waals surface area contributed by atoms with E-state index in [9.17, 15) is 14.4 Å². The van der Waals surface area contributed by atoms with E-state index >= 15 is 0 Å². The summed E-state index contributed by atoms with van der Waals surface area (Å²) in [6.07, 6.45) is 1.66. The summed E-state index contributed by atoms with van der Waals surface area (Å²) in [7, 11) is 0. The van der Waals surface area contributed by atoms with E-state index < -0.39 is 6.04 Å². The molecule has 138 valence electrons. The van der Waals surface area contributed by atoms with Gasteiger partial charge in [0.15, 0.2) is 11.5 Å². The SMILES string of the molecule is O=C1CCC(C(=O)N2CCCN(C(=O)c3ccc4c(c3)OCO4)CC2)N1. The predicted octanol–water partition coefficient (Wildman–Crippen LogP) is 0.368. The zero-order valence-electron chi connectivity index (χ0n) is 14.4. The number of hydrogen-bond donors (Lipinski definition) is 1. The van der Waals surface area contributed by atoms with E-state index in [0.717, 1.165) is 0 Å². The molecule has 1 unspecified atom stereocenters. The Morgan fingerprint density at radius 3 is 2.62 bits per heavy atom. The van der Waals surface area contributed by atoms with Crippen molar-refractivity contribution < 1.29 is 23.9 Å². The zero-order valence-corrected chi connectivity index (χ0v) is 14.4. The maximum atomic E-state index is 12.8. The van der Waals surface area contributed by atoms with Crippen molar-refractivity contribution >= 4 is 17.7 Å². The summed E-state index contributed by atoms with van der Waals surface area (Å²) in [5.74, 6) is 1.03. The molecule has 0 bridgehead atoms. The largest absolute Gasteiger partial charge is 0.454 e. The number of rotatable bonds is 2. The topological polar surface area (TPSA) is 88.2 Å². The van der Waals surface area contributed by atoms with E-state index in [1.165, 1.54) is 0 Å². The Balaban J connectivity index is 1.39. The maximum Gasteiger partial charge on any atom is 0.254 e. The Labute approximate surface area is 151 Å². The number of benzene rings is 1. The second-order valence-corrected chi connectivity index (χ2v) is 6.70. The molecular formula is C18H21N3O5. The third kappa shape index (κ3) is 3.18. The highest BCUT2D eigenvalue weighted by molar-refractivity contribution is 5.95. The Morgan fingerprint density at radius 2 is 1.81 bits per heavy atom. The fourth-order valence-corrected chi connectivity index (χ4v) is 3.57. The minimum absolute atomic E-state index is 0.0479. The van der Waals surface area contributed by atoms with Crippen LogP contribution in [-0.4, -0.2) is 66.5 Å². The molecule has 0 aliphatic carbocycles. The van der Waals surface area contributed by atoms with Gasteiger partial charge >= 0.3 is 0 Å². The number of amides is 3. The monoisotopic (exact) mass is 359 g/mol. The fourth-order valence-electron chi connectivity index (χ4n) is 3.57. The van der Waals surface area contributed by atoms with Crippen LogP contribution in [0.15, 0.2) is 18.2 Å². The van der Waals surface area contributed by atoms with Gasteiger partial charge in [0.2, 0.25) is 18.6 Å². The average molecular weight is 359 g/mol. The zero-order chi connectivity index (χ0) is 18.1. The summed E-state index contributed by atoms with van der Waals surface area (Å²) >= 11 is 0. The molecule has 2 fully saturated rings. The van der Waals surface area contributed by atoms with Crippen LogP contribution in [-0.2, 0) is 9.59 Å². The molecular weight excluding hydrogens is 338 g/mol. The second kappa shape index (κ2) is 6.86. The van der Waals surface area contributed by atoms with E-state index in [0.29, 0.717) is 62.5 Å². The first-order valence-corrected chi connectivity index (χ1v) is 8.89. The van der Waals surface area contributed by atoms with Crippen LogP contribution in [0.2, 0.25) is 0 Å². The van der Waals surface area contributed by atoms with Crippen molar-refractivity contribution in [3.8, 4) is 11.5 Å². The molecule has 0 radical (unpaired) electrons. The lowest BCUT2D eigenvalue weighted by molar-refractivity contribution is -0.134. The van der Waals surface area contributed by atoms with E-state index in [1.54, 1.807) is 28.0 Å². The molecule has 1 aromatic carbocycles. The van der Waals surface area contributed by atoms with Gasteiger partial charge in [-0.1, -0.05) is 0 Å². The molecule has 4 rings (SSSR count). The van der Waals surface area contributed by atoms with Crippen molar-refractivity contribution in [3.63, 3.8) is 0 Å². The summed E-state index contributed by atoms with van der Waals surface area (Å²) in [5, 5.41) is 2.72. The lowest BCUT2D eigenvalue weighted by Gasteiger charge is -2.24. The first-order chi connectivity index (χ1) is 12.6. The highest BCUT2D eigenvalue weighted by atomic mass is 16.7. The normalized spacial score (nSPS) is 22.2. The first kappa shape index (κ1) is 16.7.